The zero-order valence-corrected chi connectivity index (χ0v) is 19.0. The fraction of sp³-hybridized carbons (Fsp3) is 0.318. The molecule has 3 aromatic rings. The number of nitrogens with one attached hydrogen (secondary N) is 1. The number of benzene rings is 2. The Morgan fingerprint density at radius 3 is 2.33 bits per heavy atom. The molecule has 0 amide bonds. The number of nitrogens with zero attached hydrogens (tertiary/aromatic N) is 2. The number of rotatable bonds is 8. The number of hydrogen-bond acceptors (Lipinski definition) is 4. The largest absolute Gasteiger partial charge is 0.438 e. The van der Waals surface area contributed by atoms with Crippen LogP contribution in [0, 0.1) is 5.82 Å². The highest BCUT2D eigenvalue weighted by Crippen LogP contribution is 2.31. The Bertz CT molecular complexity index is 1220. The minimum Gasteiger partial charge on any atom is -0.438 e. The van der Waals surface area contributed by atoms with Gasteiger partial charge in [-0.05, 0) is 56.7 Å². The van der Waals surface area contributed by atoms with Crippen LogP contribution in [0.5, 0.6) is 11.6 Å². The standard InChI is InChI=1S/C22H23F4N3O3S/c1-4-29-19(13-20(27-29)32-18-10-8-17(23)9-11-18)15-6-5-7-16(12-15)21(2,3)28-33(30,31)14-22(24,25)26/h5-13,28H,4,14H2,1-3H3. The van der Waals surface area contributed by atoms with Crippen LogP contribution in [-0.4, -0.2) is 30.1 Å². The zero-order chi connectivity index (χ0) is 24.4. The summed E-state index contributed by atoms with van der Waals surface area (Å²) in [7, 11) is -4.61. The molecule has 11 heteroatoms. The molecule has 1 aromatic heterocycles. The first kappa shape index (κ1) is 24.7. The van der Waals surface area contributed by atoms with Crippen LogP contribution in [0.1, 0.15) is 26.3 Å². The summed E-state index contributed by atoms with van der Waals surface area (Å²) < 4.78 is 84.5. The Morgan fingerprint density at radius 1 is 1.06 bits per heavy atom. The second-order valence-corrected chi connectivity index (χ2v) is 9.64. The Kier molecular flexibility index (Phi) is 6.85. The van der Waals surface area contributed by atoms with Gasteiger partial charge in [0, 0.05) is 18.2 Å². The molecule has 33 heavy (non-hydrogen) atoms. The maximum Gasteiger partial charge on any atom is 0.404 e. The van der Waals surface area contributed by atoms with Gasteiger partial charge >= 0.3 is 6.18 Å². The van der Waals surface area contributed by atoms with Gasteiger partial charge in [0.25, 0.3) is 0 Å². The van der Waals surface area contributed by atoms with Crippen LogP contribution >= 0.6 is 0 Å². The molecule has 0 saturated carbocycles. The Labute approximate surface area is 189 Å². The van der Waals surface area contributed by atoms with Gasteiger partial charge in [0.15, 0.2) is 5.75 Å². The molecule has 0 aliphatic rings. The average molecular weight is 486 g/mol. The molecule has 0 saturated heterocycles. The number of halogens is 4. The van der Waals surface area contributed by atoms with Crippen LogP contribution < -0.4 is 9.46 Å². The van der Waals surface area contributed by atoms with Crippen molar-refractivity contribution >= 4 is 10.0 Å². The van der Waals surface area contributed by atoms with E-state index in [-0.39, 0.29) is 5.88 Å². The van der Waals surface area contributed by atoms with Crippen molar-refractivity contribution in [3.63, 3.8) is 0 Å². The summed E-state index contributed by atoms with van der Waals surface area (Å²) >= 11 is 0. The van der Waals surface area contributed by atoms with Gasteiger partial charge in [0.1, 0.15) is 11.6 Å². The highest BCUT2D eigenvalue weighted by molar-refractivity contribution is 7.89. The summed E-state index contributed by atoms with van der Waals surface area (Å²) in [5.41, 5.74) is 0.491. The van der Waals surface area contributed by atoms with E-state index in [1.807, 2.05) is 6.92 Å². The van der Waals surface area contributed by atoms with Crippen LogP contribution in [0.25, 0.3) is 11.3 Å². The van der Waals surface area contributed by atoms with Crippen molar-refractivity contribution in [3.8, 4) is 22.9 Å². The number of hydrogen-bond donors (Lipinski definition) is 1. The fourth-order valence-corrected chi connectivity index (χ4v) is 4.70. The van der Waals surface area contributed by atoms with Crippen LogP contribution in [0.3, 0.4) is 0 Å². The van der Waals surface area contributed by atoms with Crippen molar-refractivity contribution in [2.24, 2.45) is 0 Å². The van der Waals surface area contributed by atoms with Gasteiger partial charge in [-0.25, -0.2) is 17.5 Å². The van der Waals surface area contributed by atoms with Crippen molar-refractivity contribution in [2.45, 2.75) is 39.0 Å². The van der Waals surface area contributed by atoms with Gasteiger partial charge in [-0.3, -0.25) is 4.68 Å². The van der Waals surface area contributed by atoms with E-state index in [9.17, 15) is 26.0 Å². The van der Waals surface area contributed by atoms with E-state index >= 15 is 0 Å². The highest BCUT2D eigenvalue weighted by atomic mass is 32.2. The molecule has 1 heterocycles. The molecule has 0 spiro atoms. The maximum atomic E-state index is 13.1. The quantitative estimate of drug-likeness (QED) is 0.444. The van der Waals surface area contributed by atoms with Crippen molar-refractivity contribution < 1.29 is 30.7 Å². The van der Waals surface area contributed by atoms with Crippen molar-refractivity contribution in [1.29, 1.82) is 0 Å². The number of aromatic nitrogens is 2. The average Bonchev–Trinajstić information content (AvgIpc) is 3.10. The monoisotopic (exact) mass is 485 g/mol. The summed E-state index contributed by atoms with van der Waals surface area (Å²) in [4.78, 5) is 0. The third-order valence-corrected chi connectivity index (χ3v) is 6.27. The first-order valence-electron chi connectivity index (χ1n) is 9.98. The summed E-state index contributed by atoms with van der Waals surface area (Å²) in [5, 5.41) is 4.38. The van der Waals surface area contributed by atoms with E-state index in [0.29, 0.717) is 29.1 Å². The molecule has 0 aliphatic heterocycles. The molecule has 0 unspecified atom stereocenters. The lowest BCUT2D eigenvalue weighted by Crippen LogP contribution is -2.44. The minimum atomic E-state index is -4.85. The normalized spacial score (nSPS) is 12.7. The second-order valence-electron chi connectivity index (χ2n) is 7.92. The second kappa shape index (κ2) is 9.14. The van der Waals surface area contributed by atoms with Crippen molar-refractivity contribution in [3.05, 3.63) is 66.0 Å². The van der Waals surface area contributed by atoms with E-state index in [4.69, 9.17) is 4.74 Å². The van der Waals surface area contributed by atoms with Crippen LogP contribution in [0.2, 0.25) is 0 Å². The molecule has 0 atom stereocenters. The number of sulfonamides is 1. The Morgan fingerprint density at radius 2 is 1.73 bits per heavy atom. The van der Waals surface area contributed by atoms with Crippen LogP contribution in [-0.2, 0) is 22.1 Å². The molecule has 2 aromatic carbocycles. The summed E-state index contributed by atoms with van der Waals surface area (Å²) in [5.74, 6) is -1.69. The third kappa shape index (κ3) is 6.55. The SMILES string of the molecule is CCn1nc(Oc2ccc(F)cc2)cc1-c1cccc(C(C)(C)NS(=O)(=O)CC(F)(F)F)c1. The molecule has 3 rings (SSSR count). The zero-order valence-electron chi connectivity index (χ0n) is 18.1. The van der Waals surface area contributed by atoms with Gasteiger partial charge in [-0.1, -0.05) is 18.2 Å². The Balaban J connectivity index is 1.89. The van der Waals surface area contributed by atoms with E-state index in [1.54, 1.807) is 35.0 Å². The molecule has 0 fully saturated rings. The van der Waals surface area contributed by atoms with E-state index in [2.05, 4.69) is 9.82 Å². The smallest absolute Gasteiger partial charge is 0.404 e. The van der Waals surface area contributed by atoms with Gasteiger partial charge < -0.3 is 4.74 Å². The summed E-state index contributed by atoms with van der Waals surface area (Å²) in [6.07, 6.45) is -4.85. The maximum absolute atomic E-state index is 13.1. The van der Waals surface area contributed by atoms with Crippen molar-refractivity contribution in [2.75, 3.05) is 5.75 Å². The highest BCUT2D eigenvalue weighted by Gasteiger charge is 2.38. The van der Waals surface area contributed by atoms with Crippen LogP contribution in [0.4, 0.5) is 17.6 Å². The van der Waals surface area contributed by atoms with Gasteiger partial charge in [-0.2, -0.15) is 13.2 Å². The molecule has 0 radical (unpaired) electrons. The fourth-order valence-electron chi connectivity index (χ4n) is 3.31. The molecular weight excluding hydrogens is 462 g/mol. The summed E-state index contributed by atoms with van der Waals surface area (Å²) in [6.45, 7) is 5.34. The molecule has 0 bridgehead atoms. The number of aryl methyl sites for hydroxylation is 1. The lowest BCUT2D eigenvalue weighted by molar-refractivity contribution is -0.106. The third-order valence-electron chi connectivity index (χ3n) is 4.74. The number of alkyl halides is 3. The molecule has 0 aliphatic carbocycles. The predicted molar refractivity (Wildman–Crippen MR) is 116 cm³/mol. The molecule has 1 N–H and O–H groups in total. The topological polar surface area (TPSA) is 73.2 Å². The van der Waals surface area contributed by atoms with E-state index in [1.165, 1.54) is 38.1 Å². The van der Waals surface area contributed by atoms with Gasteiger partial charge in [-0.15, -0.1) is 5.10 Å². The lowest BCUT2D eigenvalue weighted by Gasteiger charge is -2.27. The molecule has 6 nitrogen and oxygen atoms in total. The van der Waals surface area contributed by atoms with Gasteiger partial charge in [0.05, 0.1) is 11.2 Å². The summed E-state index contributed by atoms with van der Waals surface area (Å²) in [6, 6.07) is 13.9. The predicted octanol–water partition coefficient (Wildman–Crippen LogP) is 5.22. The van der Waals surface area contributed by atoms with Crippen molar-refractivity contribution in [1.82, 2.24) is 14.5 Å². The molecule has 178 valence electrons. The van der Waals surface area contributed by atoms with Crippen LogP contribution in [0.15, 0.2) is 54.6 Å². The minimum absolute atomic E-state index is 0.272. The lowest BCUT2D eigenvalue weighted by atomic mass is 9.93. The Hall–Kier alpha value is -2.92. The first-order valence-corrected chi connectivity index (χ1v) is 11.6. The number of ether oxygens (including phenoxy) is 1. The van der Waals surface area contributed by atoms with Gasteiger partial charge in [0.2, 0.25) is 15.9 Å². The van der Waals surface area contributed by atoms with E-state index < -0.39 is 33.3 Å². The molecular formula is C22H23F4N3O3S. The first-order chi connectivity index (χ1) is 15.3. The van der Waals surface area contributed by atoms with E-state index in [0.717, 1.165) is 0 Å².